The molecule has 0 spiro atoms. The first-order chi connectivity index (χ1) is 8.08. The van der Waals surface area contributed by atoms with E-state index in [0.717, 1.165) is 18.9 Å². The van der Waals surface area contributed by atoms with Gasteiger partial charge < -0.3 is 10.0 Å². The largest absolute Gasteiger partial charge is 0.507 e. The van der Waals surface area contributed by atoms with Crippen molar-refractivity contribution in [3.63, 3.8) is 0 Å². The highest BCUT2D eigenvalue weighted by Gasteiger charge is 2.23. The van der Waals surface area contributed by atoms with E-state index in [4.69, 9.17) is 0 Å². The van der Waals surface area contributed by atoms with Crippen LogP contribution in [-0.4, -0.2) is 33.8 Å². The van der Waals surface area contributed by atoms with Crippen LogP contribution < -0.4 is 0 Å². The Morgan fingerprint density at radius 1 is 1.41 bits per heavy atom. The SMILES string of the molecule is O=C(c1ccc(F)cc1O)N1CCC(Br)CC1. The van der Waals surface area contributed by atoms with E-state index in [9.17, 15) is 14.3 Å². The number of hydrogen-bond donors (Lipinski definition) is 1. The second kappa shape index (κ2) is 5.04. The second-order valence-corrected chi connectivity index (χ2v) is 5.42. The van der Waals surface area contributed by atoms with Gasteiger partial charge in [-0.05, 0) is 25.0 Å². The average molecular weight is 302 g/mol. The van der Waals surface area contributed by atoms with Crippen LogP contribution >= 0.6 is 15.9 Å². The molecule has 0 bridgehead atoms. The van der Waals surface area contributed by atoms with Gasteiger partial charge in [0.15, 0.2) is 0 Å². The number of phenols is 1. The molecule has 1 aliphatic rings. The Hall–Kier alpha value is -1.10. The molecule has 2 rings (SSSR count). The van der Waals surface area contributed by atoms with E-state index in [0.29, 0.717) is 17.9 Å². The van der Waals surface area contributed by atoms with Crippen molar-refractivity contribution in [1.82, 2.24) is 4.90 Å². The van der Waals surface area contributed by atoms with E-state index < -0.39 is 5.82 Å². The van der Waals surface area contributed by atoms with Crippen molar-refractivity contribution >= 4 is 21.8 Å². The Morgan fingerprint density at radius 3 is 2.65 bits per heavy atom. The maximum Gasteiger partial charge on any atom is 0.257 e. The monoisotopic (exact) mass is 301 g/mol. The summed E-state index contributed by atoms with van der Waals surface area (Å²) in [6.07, 6.45) is 1.79. The van der Waals surface area contributed by atoms with Gasteiger partial charge in [0.05, 0.1) is 5.56 Å². The molecule has 1 fully saturated rings. The van der Waals surface area contributed by atoms with Gasteiger partial charge in [0.2, 0.25) is 0 Å². The summed E-state index contributed by atoms with van der Waals surface area (Å²) in [5.74, 6) is -1.07. The van der Waals surface area contributed by atoms with Crippen LogP contribution in [0.15, 0.2) is 18.2 Å². The summed E-state index contributed by atoms with van der Waals surface area (Å²) in [6.45, 7) is 1.32. The molecule has 5 heteroatoms. The van der Waals surface area contributed by atoms with E-state index >= 15 is 0 Å². The topological polar surface area (TPSA) is 40.5 Å². The van der Waals surface area contributed by atoms with Crippen molar-refractivity contribution in [3.05, 3.63) is 29.6 Å². The molecule has 3 nitrogen and oxygen atoms in total. The van der Waals surface area contributed by atoms with E-state index in [1.165, 1.54) is 12.1 Å². The van der Waals surface area contributed by atoms with Gasteiger partial charge in [0, 0.05) is 24.0 Å². The van der Waals surface area contributed by atoms with Crippen LogP contribution in [0.3, 0.4) is 0 Å². The third-order valence-electron chi connectivity index (χ3n) is 2.90. The Bertz CT molecular complexity index is 431. The lowest BCUT2D eigenvalue weighted by Gasteiger charge is -2.29. The highest BCUT2D eigenvalue weighted by Crippen LogP contribution is 2.23. The lowest BCUT2D eigenvalue weighted by atomic mass is 10.1. The zero-order valence-electron chi connectivity index (χ0n) is 9.20. The molecule has 0 unspecified atom stereocenters. The quantitative estimate of drug-likeness (QED) is 0.810. The minimum atomic E-state index is -0.543. The van der Waals surface area contributed by atoms with Gasteiger partial charge in [-0.1, -0.05) is 15.9 Å². The van der Waals surface area contributed by atoms with Crippen LogP contribution in [0.2, 0.25) is 0 Å². The number of amides is 1. The number of benzene rings is 1. The summed E-state index contributed by atoms with van der Waals surface area (Å²) in [6, 6.07) is 3.47. The fraction of sp³-hybridized carbons (Fsp3) is 0.417. The molecule has 1 N–H and O–H groups in total. The van der Waals surface area contributed by atoms with Gasteiger partial charge in [0.25, 0.3) is 5.91 Å². The standard InChI is InChI=1S/C12H13BrFNO2/c13-8-3-5-15(6-4-8)12(17)10-2-1-9(14)7-11(10)16/h1-2,7-8,16H,3-6H2. The zero-order valence-corrected chi connectivity index (χ0v) is 10.8. The smallest absolute Gasteiger partial charge is 0.257 e. The Kier molecular flexibility index (Phi) is 3.66. The van der Waals surface area contributed by atoms with Gasteiger partial charge in [0.1, 0.15) is 11.6 Å². The van der Waals surface area contributed by atoms with Gasteiger partial charge in [-0.3, -0.25) is 4.79 Å². The van der Waals surface area contributed by atoms with E-state index in [1.54, 1.807) is 4.90 Å². The molecule has 1 aromatic rings. The summed E-state index contributed by atoms with van der Waals surface area (Å²) in [4.78, 5) is 14.2. The molecule has 1 aromatic carbocycles. The molecular formula is C12H13BrFNO2. The molecule has 92 valence electrons. The minimum absolute atomic E-state index is 0.166. The summed E-state index contributed by atoms with van der Waals surface area (Å²) in [7, 11) is 0. The third kappa shape index (κ3) is 2.77. The van der Waals surface area contributed by atoms with Crippen LogP contribution in [0.25, 0.3) is 0 Å². The van der Waals surface area contributed by atoms with Crippen LogP contribution in [0.1, 0.15) is 23.2 Å². The number of piperidine rings is 1. The van der Waals surface area contributed by atoms with Gasteiger partial charge in [-0.25, -0.2) is 4.39 Å². The molecule has 0 radical (unpaired) electrons. The molecule has 0 aromatic heterocycles. The normalized spacial score (nSPS) is 17.2. The van der Waals surface area contributed by atoms with Crippen molar-refractivity contribution in [1.29, 1.82) is 0 Å². The van der Waals surface area contributed by atoms with Crippen molar-refractivity contribution in [2.75, 3.05) is 13.1 Å². The van der Waals surface area contributed by atoms with Crippen molar-refractivity contribution in [3.8, 4) is 5.75 Å². The van der Waals surface area contributed by atoms with Gasteiger partial charge in [-0.15, -0.1) is 0 Å². The fourth-order valence-corrected chi connectivity index (χ4v) is 2.32. The highest BCUT2D eigenvalue weighted by atomic mass is 79.9. The number of phenolic OH excluding ortho intramolecular Hbond substituents is 1. The molecule has 0 atom stereocenters. The number of carbonyl (C=O) groups is 1. The summed E-state index contributed by atoms with van der Waals surface area (Å²) in [5, 5.41) is 9.55. The second-order valence-electron chi connectivity index (χ2n) is 4.13. The molecule has 0 saturated carbocycles. The number of nitrogens with zero attached hydrogens (tertiary/aromatic N) is 1. The Labute approximate surface area is 107 Å². The van der Waals surface area contributed by atoms with E-state index in [-0.39, 0.29) is 17.2 Å². The van der Waals surface area contributed by atoms with Crippen molar-refractivity contribution in [2.24, 2.45) is 0 Å². The van der Waals surface area contributed by atoms with Gasteiger partial charge in [-0.2, -0.15) is 0 Å². The zero-order chi connectivity index (χ0) is 12.4. The summed E-state index contributed by atoms with van der Waals surface area (Å²) >= 11 is 3.51. The first-order valence-electron chi connectivity index (χ1n) is 5.50. The third-order valence-corrected chi connectivity index (χ3v) is 3.82. The maximum absolute atomic E-state index is 12.8. The molecule has 1 amide bonds. The number of carbonyl (C=O) groups excluding carboxylic acids is 1. The van der Waals surface area contributed by atoms with Crippen LogP contribution in [0.4, 0.5) is 4.39 Å². The number of aromatic hydroxyl groups is 1. The molecule has 17 heavy (non-hydrogen) atoms. The van der Waals surface area contributed by atoms with Crippen LogP contribution in [0, 0.1) is 5.82 Å². The van der Waals surface area contributed by atoms with Crippen molar-refractivity contribution < 1.29 is 14.3 Å². The average Bonchev–Trinajstić information content (AvgIpc) is 2.29. The number of hydrogen-bond acceptors (Lipinski definition) is 2. The summed E-state index contributed by atoms with van der Waals surface area (Å²) < 4.78 is 12.8. The van der Waals surface area contributed by atoms with E-state index in [1.807, 2.05) is 0 Å². The summed E-state index contributed by atoms with van der Waals surface area (Å²) in [5.41, 5.74) is 0.166. The molecule has 1 heterocycles. The number of halogens is 2. The number of likely N-dealkylation sites (tertiary alicyclic amines) is 1. The first-order valence-corrected chi connectivity index (χ1v) is 6.41. The predicted molar refractivity (Wildman–Crippen MR) is 65.9 cm³/mol. The Balaban J connectivity index is 2.14. The lowest BCUT2D eigenvalue weighted by molar-refractivity contribution is 0.0725. The van der Waals surface area contributed by atoms with Crippen LogP contribution in [0.5, 0.6) is 5.75 Å². The Morgan fingerprint density at radius 2 is 2.06 bits per heavy atom. The first kappa shape index (κ1) is 12.4. The van der Waals surface area contributed by atoms with Gasteiger partial charge >= 0.3 is 0 Å². The number of alkyl halides is 1. The molecule has 0 aliphatic carbocycles. The fourth-order valence-electron chi connectivity index (χ4n) is 1.91. The lowest BCUT2D eigenvalue weighted by Crippen LogP contribution is -2.38. The van der Waals surface area contributed by atoms with E-state index in [2.05, 4.69) is 15.9 Å². The molecular weight excluding hydrogens is 289 g/mol. The highest BCUT2D eigenvalue weighted by molar-refractivity contribution is 9.09. The predicted octanol–water partition coefficient (Wildman–Crippen LogP) is 2.53. The maximum atomic E-state index is 12.8. The van der Waals surface area contributed by atoms with Crippen molar-refractivity contribution in [2.45, 2.75) is 17.7 Å². The van der Waals surface area contributed by atoms with Crippen LogP contribution in [-0.2, 0) is 0 Å². The molecule has 1 aliphatic heterocycles. The minimum Gasteiger partial charge on any atom is -0.507 e. The molecule has 1 saturated heterocycles. The number of rotatable bonds is 1.